The van der Waals surface area contributed by atoms with E-state index in [-0.39, 0.29) is 18.3 Å². The predicted octanol–water partition coefficient (Wildman–Crippen LogP) is 2.73. The molecule has 2 heterocycles. The van der Waals surface area contributed by atoms with Crippen LogP contribution in [0.3, 0.4) is 0 Å². The molecule has 0 aliphatic carbocycles. The summed E-state index contributed by atoms with van der Waals surface area (Å²) in [6.07, 6.45) is 0.711. The van der Waals surface area contributed by atoms with E-state index in [0.29, 0.717) is 30.2 Å². The molecule has 0 radical (unpaired) electrons. The van der Waals surface area contributed by atoms with Gasteiger partial charge in [-0.15, -0.1) is 0 Å². The van der Waals surface area contributed by atoms with Gasteiger partial charge in [0.15, 0.2) is 11.5 Å². The maximum atomic E-state index is 12.9. The summed E-state index contributed by atoms with van der Waals surface area (Å²) in [5.74, 6) is 1.03. The Hall–Kier alpha value is -3.61. The van der Waals surface area contributed by atoms with Crippen LogP contribution in [-0.4, -0.2) is 29.0 Å². The van der Waals surface area contributed by atoms with Gasteiger partial charge in [0.1, 0.15) is 5.54 Å². The molecule has 2 aromatic carbocycles. The highest BCUT2D eigenvalue weighted by Crippen LogP contribution is 2.35. The fourth-order valence-corrected chi connectivity index (χ4v) is 3.30. The molecule has 0 atom stereocenters. The average Bonchev–Trinajstić information content (AvgIpc) is 3.22. The monoisotopic (exact) mass is 405 g/mol. The fraction of sp³-hybridized carbons (Fsp3) is 0.261. The molecule has 0 unspecified atom stereocenters. The predicted molar refractivity (Wildman–Crippen MR) is 113 cm³/mol. The molecule has 1 aliphatic heterocycles. The number of rotatable bonds is 6. The van der Waals surface area contributed by atoms with Gasteiger partial charge in [0.25, 0.3) is 5.56 Å². The lowest BCUT2D eigenvalue weighted by Gasteiger charge is -2.25. The van der Waals surface area contributed by atoms with Gasteiger partial charge in [-0.25, -0.2) is 4.68 Å². The summed E-state index contributed by atoms with van der Waals surface area (Å²) >= 11 is 0. The highest BCUT2D eigenvalue weighted by molar-refractivity contribution is 5.83. The van der Waals surface area contributed by atoms with Gasteiger partial charge >= 0.3 is 0 Å². The Morgan fingerprint density at radius 3 is 2.63 bits per heavy atom. The smallest absolute Gasteiger partial charge is 0.267 e. The topological polar surface area (TPSA) is 82.5 Å². The zero-order valence-corrected chi connectivity index (χ0v) is 16.9. The minimum atomic E-state index is -1.15. The summed E-state index contributed by atoms with van der Waals surface area (Å²) in [5.41, 5.74) is 0.977. The van der Waals surface area contributed by atoms with Crippen LogP contribution >= 0.6 is 0 Å². The van der Waals surface area contributed by atoms with E-state index >= 15 is 0 Å². The van der Waals surface area contributed by atoms with Crippen LogP contribution < -0.4 is 20.3 Å². The standard InChI is InChI=1S/C23H23N3O4/c1-23(2,22(28)24-13-12-16-6-4-3-5-7-16)26-21(27)11-9-18(25-26)17-8-10-19-20(14-17)30-15-29-19/h3-11,14H,12-13,15H2,1-2H3,(H,24,28). The van der Waals surface area contributed by atoms with Crippen molar-refractivity contribution in [3.63, 3.8) is 0 Å². The highest BCUT2D eigenvalue weighted by Gasteiger charge is 2.32. The number of nitrogens with zero attached hydrogens (tertiary/aromatic N) is 2. The molecule has 0 saturated carbocycles. The minimum Gasteiger partial charge on any atom is -0.454 e. The number of hydrogen-bond donors (Lipinski definition) is 1. The maximum absolute atomic E-state index is 12.9. The molecule has 1 aliphatic rings. The molecule has 154 valence electrons. The van der Waals surface area contributed by atoms with Crippen LogP contribution in [0.2, 0.25) is 0 Å². The van der Waals surface area contributed by atoms with E-state index < -0.39 is 5.54 Å². The molecule has 7 nitrogen and oxygen atoms in total. The van der Waals surface area contributed by atoms with E-state index in [2.05, 4.69) is 10.4 Å². The molecule has 1 amide bonds. The van der Waals surface area contributed by atoms with Gasteiger partial charge in [0, 0.05) is 18.2 Å². The van der Waals surface area contributed by atoms with Gasteiger partial charge in [0.05, 0.1) is 5.69 Å². The van der Waals surface area contributed by atoms with Crippen LogP contribution in [0.1, 0.15) is 19.4 Å². The third kappa shape index (κ3) is 3.91. The molecule has 0 spiro atoms. The molecule has 1 N–H and O–H groups in total. The molecule has 0 saturated heterocycles. The normalized spacial score (nSPS) is 12.6. The van der Waals surface area contributed by atoms with Crippen molar-refractivity contribution < 1.29 is 14.3 Å². The van der Waals surface area contributed by atoms with E-state index in [1.807, 2.05) is 42.5 Å². The van der Waals surface area contributed by atoms with Crippen LogP contribution in [0.25, 0.3) is 11.3 Å². The molecule has 3 aromatic rings. The molecule has 4 rings (SSSR count). The van der Waals surface area contributed by atoms with Crippen LogP contribution in [-0.2, 0) is 16.8 Å². The second-order valence-corrected chi connectivity index (χ2v) is 7.59. The van der Waals surface area contributed by atoms with Crippen LogP contribution in [0.5, 0.6) is 11.5 Å². The van der Waals surface area contributed by atoms with Crippen molar-refractivity contribution in [1.82, 2.24) is 15.1 Å². The van der Waals surface area contributed by atoms with Crippen molar-refractivity contribution in [3.8, 4) is 22.8 Å². The van der Waals surface area contributed by atoms with Gasteiger partial charge in [-0.2, -0.15) is 5.10 Å². The van der Waals surface area contributed by atoms with Crippen LogP contribution in [0.15, 0.2) is 65.5 Å². The summed E-state index contributed by atoms with van der Waals surface area (Å²) in [7, 11) is 0. The second-order valence-electron chi connectivity index (χ2n) is 7.59. The summed E-state index contributed by atoms with van der Waals surface area (Å²) < 4.78 is 12.0. The first kappa shape index (κ1) is 19.7. The Balaban J connectivity index is 1.53. The first-order valence-corrected chi connectivity index (χ1v) is 9.78. The van der Waals surface area contributed by atoms with Crippen LogP contribution in [0, 0.1) is 0 Å². The molecule has 0 bridgehead atoms. The molecule has 30 heavy (non-hydrogen) atoms. The van der Waals surface area contributed by atoms with Gasteiger partial charge in [-0.3, -0.25) is 9.59 Å². The van der Waals surface area contributed by atoms with Crippen molar-refractivity contribution in [2.24, 2.45) is 0 Å². The van der Waals surface area contributed by atoms with Crippen molar-refractivity contribution in [1.29, 1.82) is 0 Å². The molecular formula is C23H23N3O4. The van der Waals surface area contributed by atoms with Crippen molar-refractivity contribution in [2.75, 3.05) is 13.3 Å². The summed E-state index contributed by atoms with van der Waals surface area (Å²) in [4.78, 5) is 25.4. The van der Waals surface area contributed by atoms with Crippen LogP contribution in [0.4, 0.5) is 0 Å². The summed E-state index contributed by atoms with van der Waals surface area (Å²) in [6.45, 7) is 4.02. The van der Waals surface area contributed by atoms with Crippen molar-refractivity contribution >= 4 is 5.91 Å². The zero-order chi connectivity index (χ0) is 21.1. The number of hydrogen-bond acceptors (Lipinski definition) is 5. The summed E-state index contributed by atoms with van der Waals surface area (Å²) in [5, 5.41) is 7.39. The quantitative estimate of drug-likeness (QED) is 0.682. The van der Waals surface area contributed by atoms with E-state index in [1.165, 1.54) is 10.7 Å². The van der Waals surface area contributed by atoms with E-state index in [9.17, 15) is 9.59 Å². The van der Waals surface area contributed by atoms with Gasteiger partial charge in [-0.05, 0) is 50.1 Å². The van der Waals surface area contributed by atoms with E-state index in [4.69, 9.17) is 9.47 Å². The number of carbonyl (C=O) groups excluding carboxylic acids is 1. The van der Waals surface area contributed by atoms with E-state index in [1.54, 1.807) is 26.0 Å². The highest BCUT2D eigenvalue weighted by atomic mass is 16.7. The molecule has 7 heteroatoms. The molecular weight excluding hydrogens is 382 g/mol. The third-order valence-corrected chi connectivity index (χ3v) is 5.10. The summed E-state index contributed by atoms with van der Waals surface area (Å²) in [6, 6.07) is 18.4. The number of fused-ring (bicyclic) bond motifs is 1. The molecule has 0 fully saturated rings. The Kier molecular flexibility index (Phi) is 5.27. The van der Waals surface area contributed by atoms with Gasteiger partial charge < -0.3 is 14.8 Å². The molecule has 1 aromatic heterocycles. The largest absolute Gasteiger partial charge is 0.454 e. The average molecular weight is 405 g/mol. The Bertz CT molecular complexity index is 1120. The number of ether oxygens (including phenoxy) is 2. The Labute approximate surface area is 174 Å². The lowest BCUT2D eigenvalue weighted by Crippen LogP contribution is -2.50. The maximum Gasteiger partial charge on any atom is 0.267 e. The number of benzene rings is 2. The number of aromatic nitrogens is 2. The lowest BCUT2D eigenvalue weighted by atomic mass is 10.0. The first-order valence-electron chi connectivity index (χ1n) is 9.78. The number of nitrogens with one attached hydrogen (secondary N) is 1. The van der Waals surface area contributed by atoms with Crippen molar-refractivity contribution in [3.05, 3.63) is 76.6 Å². The number of amides is 1. The first-order chi connectivity index (χ1) is 14.4. The Morgan fingerprint density at radius 2 is 1.83 bits per heavy atom. The van der Waals surface area contributed by atoms with Crippen molar-refractivity contribution in [2.45, 2.75) is 25.8 Å². The zero-order valence-electron chi connectivity index (χ0n) is 16.9. The number of carbonyl (C=O) groups is 1. The third-order valence-electron chi connectivity index (χ3n) is 5.10. The Morgan fingerprint density at radius 1 is 1.07 bits per heavy atom. The second kappa shape index (κ2) is 8.02. The fourth-order valence-electron chi connectivity index (χ4n) is 3.30. The van der Waals surface area contributed by atoms with Gasteiger partial charge in [-0.1, -0.05) is 30.3 Å². The SMILES string of the molecule is CC(C)(C(=O)NCCc1ccccc1)n1nc(-c2ccc3c(c2)OCO3)ccc1=O. The van der Waals surface area contributed by atoms with E-state index in [0.717, 1.165) is 11.1 Å². The lowest BCUT2D eigenvalue weighted by molar-refractivity contribution is -0.128. The minimum absolute atomic E-state index is 0.182. The van der Waals surface area contributed by atoms with Gasteiger partial charge in [0.2, 0.25) is 12.7 Å².